The highest BCUT2D eigenvalue weighted by Gasteiger charge is 2.44. The number of aliphatic hydroxyl groups is 1. The fourth-order valence-corrected chi connectivity index (χ4v) is 4.40. The molecule has 5 nitrogen and oxygen atoms in total. The zero-order chi connectivity index (χ0) is 17.3. The maximum atomic E-state index is 10.1. The molecule has 130 valence electrons. The van der Waals surface area contributed by atoms with E-state index < -0.39 is 0 Å². The molecule has 2 N–H and O–H groups in total. The van der Waals surface area contributed by atoms with Crippen LogP contribution in [0.2, 0.25) is 0 Å². The Morgan fingerprint density at radius 2 is 1.96 bits per heavy atom. The van der Waals surface area contributed by atoms with E-state index in [2.05, 4.69) is 28.6 Å². The third-order valence-electron chi connectivity index (χ3n) is 5.96. The average molecular weight is 336 g/mol. The topological polar surface area (TPSA) is 73.9 Å². The van der Waals surface area contributed by atoms with Gasteiger partial charge in [0.1, 0.15) is 0 Å². The SMILES string of the molecule is N#CC1(c2ccccc2)CCC(N[C@H]2C[C@@H](O)[C@@H]2n2cccn2)CC1. The summed E-state index contributed by atoms with van der Waals surface area (Å²) in [6, 6.07) is 15.3. The van der Waals surface area contributed by atoms with Gasteiger partial charge in [-0.15, -0.1) is 0 Å². The van der Waals surface area contributed by atoms with Crippen molar-refractivity contribution in [2.24, 2.45) is 0 Å². The number of hydrogen-bond donors (Lipinski definition) is 2. The highest BCUT2D eigenvalue weighted by atomic mass is 16.3. The molecule has 25 heavy (non-hydrogen) atoms. The fourth-order valence-electron chi connectivity index (χ4n) is 4.40. The van der Waals surface area contributed by atoms with Crippen molar-refractivity contribution in [2.45, 2.75) is 61.7 Å². The number of rotatable bonds is 4. The highest BCUT2D eigenvalue weighted by Crippen LogP contribution is 2.40. The van der Waals surface area contributed by atoms with Crippen molar-refractivity contribution in [2.75, 3.05) is 0 Å². The third kappa shape index (κ3) is 2.97. The predicted octanol–water partition coefficient (Wildman–Crippen LogP) is 2.55. The van der Waals surface area contributed by atoms with Crippen LogP contribution in [0.5, 0.6) is 0 Å². The minimum absolute atomic E-state index is 0.0202. The minimum Gasteiger partial charge on any atom is -0.391 e. The van der Waals surface area contributed by atoms with E-state index in [1.54, 1.807) is 6.20 Å². The highest BCUT2D eigenvalue weighted by molar-refractivity contribution is 5.33. The first-order valence-corrected chi connectivity index (χ1v) is 9.12. The average Bonchev–Trinajstić information content (AvgIpc) is 3.16. The molecule has 1 heterocycles. The second kappa shape index (κ2) is 6.62. The maximum absolute atomic E-state index is 10.1. The van der Waals surface area contributed by atoms with Crippen LogP contribution in [0.3, 0.4) is 0 Å². The number of hydrogen-bond acceptors (Lipinski definition) is 4. The minimum atomic E-state index is -0.347. The molecule has 0 spiro atoms. The molecule has 2 aliphatic carbocycles. The van der Waals surface area contributed by atoms with Crippen molar-refractivity contribution in [3.05, 3.63) is 54.4 Å². The summed E-state index contributed by atoms with van der Waals surface area (Å²) in [5.74, 6) is 0. The van der Waals surface area contributed by atoms with Crippen LogP contribution in [-0.4, -0.2) is 33.1 Å². The van der Waals surface area contributed by atoms with Gasteiger partial charge in [-0.3, -0.25) is 4.68 Å². The van der Waals surface area contributed by atoms with Crippen LogP contribution < -0.4 is 5.32 Å². The Balaban J connectivity index is 1.39. The Morgan fingerprint density at radius 1 is 1.20 bits per heavy atom. The fraction of sp³-hybridized carbons (Fsp3) is 0.500. The molecule has 3 atom stereocenters. The van der Waals surface area contributed by atoms with Gasteiger partial charge in [0.05, 0.1) is 23.6 Å². The zero-order valence-corrected chi connectivity index (χ0v) is 14.3. The van der Waals surface area contributed by atoms with E-state index in [0.717, 1.165) is 37.7 Å². The monoisotopic (exact) mass is 336 g/mol. The Kier molecular flexibility index (Phi) is 4.32. The van der Waals surface area contributed by atoms with Gasteiger partial charge < -0.3 is 10.4 Å². The summed E-state index contributed by atoms with van der Waals surface area (Å²) in [7, 11) is 0. The van der Waals surface area contributed by atoms with Crippen LogP contribution in [0.15, 0.2) is 48.8 Å². The van der Waals surface area contributed by atoms with Gasteiger partial charge in [-0.25, -0.2) is 0 Å². The van der Waals surface area contributed by atoms with E-state index >= 15 is 0 Å². The predicted molar refractivity (Wildman–Crippen MR) is 94.8 cm³/mol. The van der Waals surface area contributed by atoms with E-state index in [4.69, 9.17) is 0 Å². The number of benzene rings is 1. The summed E-state index contributed by atoms with van der Waals surface area (Å²) < 4.78 is 1.86. The molecular weight excluding hydrogens is 312 g/mol. The van der Waals surface area contributed by atoms with E-state index in [1.165, 1.54) is 0 Å². The lowest BCUT2D eigenvalue weighted by Crippen LogP contribution is -2.57. The summed E-state index contributed by atoms with van der Waals surface area (Å²) in [5, 5.41) is 27.9. The first kappa shape index (κ1) is 16.3. The largest absolute Gasteiger partial charge is 0.391 e. The standard InChI is InChI=1S/C20H24N4O/c21-14-20(15-5-2-1-3-6-15)9-7-16(8-10-20)23-17-13-18(25)19(17)24-12-4-11-22-24/h1-6,11-12,16-19,23,25H,7-10,13H2/t16?,17-,18+,19+,20?/m0/s1. The van der Waals surface area contributed by atoms with Crippen LogP contribution >= 0.6 is 0 Å². The van der Waals surface area contributed by atoms with E-state index in [0.29, 0.717) is 6.04 Å². The summed E-state index contributed by atoms with van der Waals surface area (Å²) >= 11 is 0. The number of aliphatic hydroxyl groups excluding tert-OH is 1. The molecule has 0 bridgehead atoms. The maximum Gasteiger partial charge on any atom is 0.0932 e. The van der Waals surface area contributed by atoms with Crippen molar-refractivity contribution in [3.8, 4) is 6.07 Å². The Labute approximate surface area is 148 Å². The molecule has 2 saturated carbocycles. The van der Waals surface area contributed by atoms with Gasteiger partial charge in [-0.2, -0.15) is 10.4 Å². The number of nitrogens with zero attached hydrogens (tertiary/aromatic N) is 3. The third-order valence-corrected chi connectivity index (χ3v) is 5.96. The van der Waals surface area contributed by atoms with Crippen molar-refractivity contribution in [1.82, 2.24) is 15.1 Å². The van der Waals surface area contributed by atoms with Crippen LogP contribution in [0, 0.1) is 11.3 Å². The first-order valence-electron chi connectivity index (χ1n) is 9.12. The summed E-state index contributed by atoms with van der Waals surface area (Å²) in [4.78, 5) is 0. The number of nitriles is 1. The normalized spacial score (nSPS) is 34.9. The molecule has 0 radical (unpaired) electrons. The van der Waals surface area contributed by atoms with Crippen LogP contribution in [0.25, 0.3) is 0 Å². The second-order valence-electron chi connectivity index (χ2n) is 7.39. The summed E-state index contributed by atoms with van der Waals surface area (Å²) in [6.45, 7) is 0. The van der Waals surface area contributed by atoms with E-state index in [1.807, 2.05) is 35.1 Å². The molecule has 2 aromatic rings. The number of nitrogens with one attached hydrogen (secondary N) is 1. The molecule has 4 rings (SSSR count). The van der Waals surface area contributed by atoms with Crippen molar-refractivity contribution in [1.29, 1.82) is 5.26 Å². The Bertz CT molecular complexity index is 729. The molecule has 5 heteroatoms. The van der Waals surface area contributed by atoms with Crippen LogP contribution in [-0.2, 0) is 5.41 Å². The summed E-state index contributed by atoms with van der Waals surface area (Å²) in [5.41, 5.74) is 0.796. The molecule has 0 saturated heterocycles. The molecule has 1 aromatic carbocycles. The lowest BCUT2D eigenvalue weighted by Gasteiger charge is -2.45. The molecule has 2 aliphatic rings. The van der Waals surface area contributed by atoms with E-state index in [9.17, 15) is 10.4 Å². The molecule has 0 unspecified atom stereocenters. The Morgan fingerprint density at radius 3 is 2.56 bits per heavy atom. The van der Waals surface area contributed by atoms with Gasteiger partial charge in [0, 0.05) is 24.5 Å². The van der Waals surface area contributed by atoms with Gasteiger partial charge in [0.25, 0.3) is 0 Å². The smallest absolute Gasteiger partial charge is 0.0932 e. The van der Waals surface area contributed by atoms with Gasteiger partial charge in [0.15, 0.2) is 0 Å². The van der Waals surface area contributed by atoms with Gasteiger partial charge in [0.2, 0.25) is 0 Å². The van der Waals surface area contributed by atoms with Crippen molar-refractivity contribution in [3.63, 3.8) is 0 Å². The molecule has 1 aromatic heterocycles. The van der Waals surface area contributed by atoms with E-state index in [-0.39, 0.29) is 23.6 Å². The quantitative estimate of drug-likeness (QED) is 0.900. The lowest BCUT2D eigenvalue weighted by atomic mass is 9.69. The molecule has 0 amide bonds. The number of aromatic nitrogens is 2. The molecule has 0 aliphatic heterocycles. The van der Waals surface area contributed by atoms with Gasteiger partial charge in [-0.1, -0.05) is 30.3 Å². The van der Waals surface area contributed by atoms with Crippen LogP contribution in [0.1, 0.15) is 43.7 Å². The lowest BCUT2D eigenvalue weighted by molar-refractivity contribution is -0.0138. The van der Waals surface area contributed by atoms with Gasteiger partial charge in [-0.05, 0) is 43.7 Å². The first-order chi connectivity index (χ1) is 12.2. The van der Waals surface area contributed by atoms with Gasteiger partial charge >= 0.3 is 0 Å². The second-order valence-corrected chi connectivity index (χ2v) is 7.39. The molecular formula is C20H24N4O. The van der Waals surface area contributed by atoms with Crippen LogP contribution in [0.4, 0.5) is 0 Å². The summed E-state index contributed by atoms with van der Waals surface area (Å²) in [6.07, 6.45) is 7.84. The van der Waals surface area contributed by atoms with Crippen molar-refractivity contribution >= 4 is 0 Å². The zero-order valence-electron chi connectivity index (χ0n) is 14.3. The molecule has 2 fully saturated rings. The Hall–Kier alpha value is -2.16. The van der Waals surface area contributed by atoms with Crippen molar-refractivity contribution < 1.29 is 5.11 Å².